The summed E-state index contributed by atoms with van der Waals surface area (Å²) in [7, 11) is 0. The number of alkyl halides is 3. The van der Waals surface area contributed by atoms with Gasteiger partial charge in [0.25, 0.3) is 0 Å². The topological polar surface area (TPSA) is 31.9 Å². The van der Waals surface area contributed by atoms with Crippen LogP contribution in [0.15, 0.2) is 22.7 Å². The van der Waals surface area contributed by atoms with E-state index in [1.807, 2.05) is 0 Å². The highest BCUT2D eigenvalue weighted by Crippen LogP contribution is 2.31. The average molecular weight is 411 g/mol. The first-order chi connectivity index (χ1) is 10.6. The highest BCUT2D eigenvalue weighted by atomic mass is 79.9. The molecule has 0 aliphatic rings. The van der Waals surface area contributed by atoms with Gasteiger partial charge in [0, 0.05) is 16.6 Å². The van der Waals surface area contributed by atoms with Gasteiger partial charge >= 0.3 is 5.38 Å². The van der Waals surface area contributed by atoms with Gasteiger partial charge in [-0.25, -0.2) is 4.98 Å². The molecule has 1 aromatic carbocycles. The fourth-order valence-electron chi connectivity index (χ4n) is 2.44. The van der Waals surface area contributed by atoms with Crippen LogP contribution in [-0.4, -0.2) is 33.5 Å². The molecular weight excluding hydrogens is 388 g/mol. The number of aromatic amines is 1. The molecule has 130 valence electrons. The highest BCUT2D eigenvalue weighted by Gasteiger charge is 2.31. The van der Waals surface area contributed by atoms with Crippen LogP contribution < -0.4 is 0 Å². The van der Waals surface area contributed by atoms with Gasteiger partial charge in [0.2, 0.25) is 0 Å². The zero-order valence-corrected chi connectivity index (χ0v) is 16.3. The Balaban J connectivity index is 0.000000257. The number of imidazole rings is 1. The van der Waals surface area contributed by atoms with Crippen LogP contribution in [-0.2, 0) is 5.38 Å². The Kier molecular flexibility index (Phi) is 7.42. The van der Waals surface area contributed by atoms with Crippen LogP contribution in [0.4, 0.5) is 8.78 Å². The Morgan fingerprint density at radius 3 is 2.22 bits per heavy atom. The molecule has 0 amide bonds. The third-order valence-electron chi connectivity index (χ3n) is 3.40. The minimum atomic E-state index is -3.45. The van der Waals surface area contributed by atoms with Crippen molar-refractivity contribution in [2.45, 2.75) is 52.1 Å². The Bertz CT molecular complexity index is 615. The van der Waals surface area contributed by atoms with E-state index in [1.165, 1.54) is 0 Å². The molecule has 1 N–H and O–H groups in total. The second kappa shape index (κ2) is 8.40. The fraction of sp³-hybridized carbons (Fsp3) is 0.562. The van der Waals surface area contributed by atoms with Gasteiger partial charge in [-0.1, -0.05) is 22.9 Å². The average Bonchev–Trinajstić information content (AvgIpc) is 2.82. The van der Waals surface area contributed by atoms with Gasteiger partial charge < -0.3 is 4.98 Å². The van der Waals surface area contributed by atoms with Crippen molar-refractivity contribution < 1.29 is 8.78 Å². The molecule has 23 heavy (non-hydrogen) atoms. The summed E-state index contributed by atoms with van der Waals surface area (Å²) in [5.74, 6) is -0.535. The third-order valence-corrected chi connectivity index (χ3v) is 4.08. The van der Waals surface area contributed by atoms with Crippen molar-refractivity contribution in [3.63, 3.8) is 0 Å². The predicted octanol–water partition coefficient (Wildman–Crippen LogP) is 5.74. The van der Waals surface area contributed by atoms with E-state index in [4.69, 9.17) is 11.6 Å². The number of benzene rings is 1. The normalized spacial score (nSPS) is 12.2. The molecule has 0 unspecified atom stereocenters. The lowest BCUT2D eigenvalue weighted by molar-refractivity contribution is 0.0858. The molecule has 0 saturated carbocycles. The summed E-state index contributed by atoms with van der Waals surface area (Å²) in [6.07, 6.45) is 0. The first kappa shape index (κ1) is 20.3. The van der Waals surface area contributed by atoms with Crippen LogP contribution in [0.3, 0.4) is 0 Å². The smallest absolute Gasteiger partial charge is 0.336 e. The Labute approximate surface area is 149 Å². The molecule has 0 fully saturated rings. The zero-order valence-electron chi connectivity index (χ0n) is 14.0. The number of H-pyrrole nitrogens is 1. The largest absolute Gasteiger partial charge is 0.379 e. The maximum absolute atomic E-state index is 12.7. The molecule has 0 bridgehead atoms. The molecule has 0 spiro atoms. The first-order valence-corrected chi connectivity index (χ1v) is 8.71. The summed E-state index contributed by atoms with van der Waals surface area (Å²) in [6.45, 7) is 12.3. The summed E-state index contributed by atoms with van der Waals surface area (Å²) < 4.78 is 26.1. The van der Waals surface area contributed by atoms with E-state index >= 15 is 0 Å². The van der Waals surface area contributed by atoms with E-state index in [0.717, 1.165) is 11.0 Å². The van der Waals surface area contributed by atoms with Crippen LogP contribution in [0, 0.1) is 0 Å². The fourth-order valence-corrected chi connectivity index (χ4v) is 2.89. The van der Waals surface area contributed by atoms with Crippen LogP contribution in [0.1, 0.15) is 40.4 Å². The van der Waals surface area contributed by atoms with Crippen molar-refractivity contribution in [2.24, 2.45) is 0 Å². The van der Waals surface area contributed by atoms with Gasteiger partial charge in [0.05, 0.1) is 11.0 Å². The molecule has 1 aromatic heterocycles. The van der Waals surface area contributed by atoms with Crippen molar-refractivity contribution in [3.05, 3.63) is 28.5 Å². The molecule has 1 heterocycles. The van der Waals surface area contributed by atoms with Crippen molar-refractivity contribution in [1.82, 2.24) is 14.9 Å². The molecule has 3 nitrogen and oxygen atoms in total. The minimum absolute atomic E-state index is 0.462. The molecule has 0 radical (unpaired) electrons. The molecular formula is C16H23BrClF2N3. The molecule has 0 aliphatic carbocycles. The molecule has 0 saturated heterocycles. The molecule has 0 aliphatic heterocycles. The quantitative estimate of drug-likeness (QED) is 0.652. The predicted molar refractivity (Wildman–Crippen MR) is 96.2 cm³/mol. The second-order valence-electron chi connectivity index (χ2n) is 5.76. The van der Waals surface area contributed by atoms with Gasteiger partial charge in [-0.2, -0.15) is 8.78 Å². The summed E-state index contributed by atoms with van der Waals surface area (Å²) in [6, 6.07) is 6.39. The first-order valence-electron chi connectivity index (χ1n) is 7.54. The van der Waals surface area contributed by atoms with Crippen LogP contribution in [0.5, 0.6) is 0 Å². The number of nitrogens with one attached hydrogen (secondary N) is 1. The highest BCUT2D eigenvalue weighted by molar-refractivity contribution is 9.10. The van der Waals surface area contributed by atoms with E-state index in [-0.39, 0.29) is 0 Å². The lowest BCUT2D eigenvalue weighted by Crippen LogP contribution is -2.36. The second-order valence-corrected chi connectivity index (χ2v) is 7.15. The van der Waals surface area contributed by atoms with E-state index in [2.05, 4.69) is 65.4 Å². The van der Waals surface area contributed by atoms with Gasteiger partial charge in [-0.15, -0.1) is 0 Å². The molecule has 0 atom stereocenters. The number of fused-ring (bicyclic) bond motifs is 1. The van der Waals surface area contributed by atoms with Crippen LogP contribution >= 0.6 is 27.5 Å². The van der Waals surface area contributed by atoms with Gasteiger partial charge in [-0.05, 0) is 64.0 Å². The maximum Gasteiger partial charge on any atom is 0.379 e. The standard InChI is InChI=1S/C8H4BrClF2N2.C8H19N/c9-4-1-2-5-6(3-4)14-7(13-5)8(10,11)12;1-6-9(7(2)3)8(4)5/h1-3H,(H,13,14);7-8H,6H2,1-5H3. The Hall–Kier alpha value is -0.720. The minimum Gasteiger partial charge on any atom is -0.336 e. The van der Waals surface area contributed by atoms with Crippen molar-refractivity contribution in [3.8, 4) is 0 Å². The lowest BCUT2D eigenvalue weighted by atomic mass is 10.2. The number of aromatic nitrogens is 2. The monoisotopic (exact) mass is 409 g/mol. The Morgan fingerprint density at radius 1 is 1.26 bits per heavy atom. The van der Waals surface area contributed by atoms with E-state index in [0.29, 0.717) is 23.1 Å². The number of halogens is 4. The van der Waals surface area contributed by atoms with Gasteiger partial charge in [0.15, 0.2) is 5.82 Å². The van der Waals surface area contributed by atoms with E-state index in [1.54, 1.807) is 18.2 Å². The van der Waals surface area contributed by atoms with Gasteiger partial charge in [0.1, 0.15) is 0 Å². The summed E-state index contributed by atoms with van der Waals surface area (Å²) in [4.78, 5) is 8.58. The number of rotatable bonds is 4. The number of hydrogen-bond donors (Lipinski definition) is 1. The van der Waals surface area contributed by atoms with Crippen LogP contribution in [0.2, 0.25) is 0 Å². The number of hydrogen-bond acceptors (Lipinski definition) is 2. The third kappa shape index (κ3) is 6.01. The molecule has 2 rings (SSSR count). The van der Waals surface area contributed by atoms with E-state index in [9.17, 15) is 8.78 Å². The number of nitrogens with zero attached hydrogens (tertiary/aromatic N) is 2. The van der Waals surface area contributed by atoms with Crippen molar-refractivity contribution >= 4 is 38.6 Å². The molecule has 2 aromatic rings. The maximum atomic E-state index is 12.7. The lowest BCUT2D eigenvalue weighted by Gasteiger charge is -2.28. The van der Waals surface area contributed by atoms with E-state index < -0.39 is 11.2 Å². The summed E-state index contributed by atoms with van der Waals surface area (Å²) in [5.41, 5.74) is 0.984. The van der Waals surface area contributed by atoms with Crippen molar-refractivity contribution in [2.75, 3.05) is 6.54 Å². The Morgan fingerprint density at radius 2 is 1.83 bits per heavy atom. The summed E-state index contributed by atoms with van der Waals surface area (Å²) in [5, 5.41) is -3.45. The molecule has 7 heteroatoms. The van der Waals surface area contributed by atoms with Crippen molar-refractivity contribution in [1.29, 1.82) is 0 Å². The van der Waals surface area contributed by atoms with Crippen LogP contribution in [0.25, 0.3) is 11.0 Å². The SMILES string of the molecule is CCN(C(C)C)C(C)C.FC(F)(Cl)c1nc2ccc(Br)cc2[nH]1. The van der Waals surface area contributed by atoms with Gasteiger partial charge in [-0.3, -0.25) is 4.90 Å². The zero-order chi connectivity index (χ0) is 17.8. The summed E-state index contributed by atoms with van der Waals surface area (Å²) >= 11 is 8.05.